The molecule has 0 aliphatic rings. The number of hydrogen-bond acceptors (Lipinski definition) is 0. The van der Waals surface area contributed by atoms with Crippen molar-refractivity contribution in [2.24, 2.45) is 0 Å². The molecular weight excluding hydrogens is 304 g/mol. The second-order valence-corrected chi connectivity index (χ2v) is 2.14. The van der Waals surface area contributed by atoms with Crippen molar-refractivity contribution in [2.45, 2.75) is 19.8 Å². The van der Waals surface area contributed by atoms with Crippen LogP contribution in [0.25, 0.3) is 0 Å². The van der Waals surface area contributed by atoms with Crippen LogP contribution in [0.4, 0.5) is 0 Å². The fourth-order valence-electron chi connectivity index (χ4n) is 0.855. The fourth-order valence-corrected chi connectivity index (χ4v) is 0.855. The molecule has 1 aromatic rings. The minimum absolute atomic E-state index is 0. The second-order valence-electron chi connectivity index (χ2n) is 2.14. The van der Waals surface area contributed by atoms with Crippen molar-refractivity contribution in [1.29, 1.82) is 0 Å². The van der Waals surface area contributed by atoms with E-state index in [2.05, 4.69) is 25.1 Å². The normalized spacial score (nSPS) is 7.73. The molecule has 0 spiro atoms. The summed E-state index contributed by atoms with van der Waals surface area (Å²) < 4.78 is 0. The molecule has 1 rings (SSSR count). The molecule has 0 saturated carbocycles. The first-order valence-corrected chi connectivity index (χ1v) is 3.39. The molecule has 1 heteroatoms. The van der Waals surface area contributed by atoms with E-state index in [0.717, 1.165) is 6.42 Å². The van der Waals surface area contributed by atoms with Gasteiger partial charge in [-0.1, -0.05) is 19.8 Å². The molecular formula is C10H14W. The number of hydrogen-bond donors (Lipinski definition) is 0. The molecule has 0 unspecified atom stereocenters. The number of benzene rings is 1. The Morgan fingerprint density at radius 3 is 2.55 bits per heavy atom. The topological polar surface area (TPSA) is 0 Å². The zero-order valence-corrected chi connectivity index (χ0v) is 10.1. The molecule has 0 heterocycles. The summed E-state index contributed by atoms with van der Waals surface area (Å²) in [6.07, 6.45) is 2.36. The molecule has 1 aromatic carbocycles. The summed E-state index contributed by atoms with van der Waals surface area (Å²) in [6, 6.07) is 11.3. The molecule has 0 radical (unpaired) electrons. The third-order valence-corrected chi connectivity index (χ3v) is 1.29. The van der Waals surface area contributed by atoms with Crippen molar-refractivity contribution in [3.05, 3.63) is 43.3 Å². The maximum Gasteiger partial charge on any atom is 2.00 e. The van der Waals surface area contributed by atoms with Gasteiger partial charge in [0.1, 0.15) is 0 Å². The van der Waals surface area contributed by atoms with E-state index in [9.17, 15) is 0 Å². The molecule has 60 valence electrons. The Morgan fingerprint density at radius 1 is 1.36 bits per heavy atom. The first kappa shape index (κ1) is 13.5. The SMILES string of the molecule is CCCc1[c-]cccc1.[CH3-].[W+2]. The molecule has 0 aliphatic carbocycles. The van der Waals surface area contributed by atoms with E-state index in [1.54, 1.807) is 0 Å². The van der Waals surface area contributed by atoms with E-state index in [1.165, 1.54) is 12.0 Å². The van der Waals surface area contributed by atoms with Gasteiger partial charge in [-0.3, -0.25) is 0 Å². The van der Waals surface area contributed by atoms with Gasteiger partial charge >= 0.3 is 21.1 Å². The molecule has 0 aromatic heterocycles. The van der Waals surface area contributed by atoms with Crippen LogP contribution in [0, 0.1) is 13.5 Å². The van der Waals surface area contributed by atoms with E-state index in [1.807, 2.05) is 12.1 Å². The van der Waals surface area contributed by atoms with Gasteiger partial charge < -0.3 is 7.43 Å². The fraction of sp³-hybridized carbons (Fsp3) is 0.300. The van der Waals surface area contributed by atoms with Gasteiger partial charge in [0, 0.05) is 0 Å². The third-order valence-electron chi connectivity index (χ3n) is 1.29. The summed E-state index contributed by atoms with van der Waals surface area (Å²) in [7, 11) is 0. The van der Waals surface area contributed by atoms with Crippen molar-refractivity contribution in [3.63, 3.8) is 0 Å². The van der Waals surface area contributed by atoms with Gasteiger partial charge in [-0.05, 0) is 0 Å². The Hall–Kier alpha value is -0.0917. The molecule has 0 nitrogen and oxygen atoms in total. The maximum atomic E-state index is 3.17. The van der Waals surface area contributed by atoms with Crippen molar-refractivity contribution in [3.8, 4) is 0 Å². The smallest absolute Gasteiger partial charge is 0.358 e. The Bertz CT molecular complexity index is 158. The zero-order valence-electron chi connectivity index (χ0n) is 7.13. The van der Waals surface area contributed by atoms with E-state index < -0.39 is 0 Å². The van der Waals surface area contributed by atoms with Crippen LogP contribution in [0.1, 0.15) is 18.9 Å². The van der Waals surface area contributed by atoms with Crippen molar-refractivity contribution in [2.75, 3.05) is 0 Å². The van der Waals surface area contributed by atoms with E-state index in [0.29, 0.717) is 0 Å². The Balaban J connectivity index is 0. The van der Waals surface area contributed by atoms with Gasteiger partial charge in [-0.15, -0.1) is 0 Å². The van der Waals surface area contributed by atoms with Crippen LogP contribution >= 0.6 is 0 Å². The van der Waals surface area contributed by atoms with Crippen LogP contribution in [0.3, 0.4) is 0 Å². The summed E-state index contributed by atoms with van der Waals surface area (Å²) in [6.45, 7) is 2.18. The van der Waals surface area contributed by atoms with Crippen molar-refractivity contribution < 1.29 is 21.1 Å². The summed E-state index contributed by atoms with van der Waals surface area (Å²) >= 11 is 0. The zero-order chi connectivity index (χ0) is 6.53. The average Bonchev–Trinajstić information content (AvgIpc) is 1.91. The number of aryl methyl sites for hydroxylation is 1. The van der Waals surface area contributed by atoms with Gasteiger partial charge in [0.05, 0.1) is 0 Å². The third kappa shape index (κ3) is 5.21. The van der Waals surface area contributed by atoms with E-state index >= 15 is 0 Å². The molecule has 0 N–H and O–H groups in total. The van der Waals surface area contributed by atoms with Gasteiger partial charge in [-0.25, -0.2) is 0 Å². The largest absolute Gasteiger partial charge is 2.00 e. The van der Waals surface area contributed by atoms with Crippen molar-refractivity contribution in [1.82, 2.24) is 0 Å². The monoisotopic (exact) mass is 318 g/mol. The Morgan fingerprint density at radius 2 is 2.09 bits per heavy atom. The van der Waals surface area contributed by atoms with Crippen LogP contribution in [0.5, 0.6) is 0 Å². The summed E-state index contributed by atoms with van der Waals surface area (Å²) in [5, 5.41) is 0. The Labute approximate surface area is 84.3 Å². The predicted octanol–water partition coefficient (Wildman–Crippen LogP) is 2.89. The van der Waals surface area contributed by atoms with Gasteiger partial charge in [-0.2, -0.15) is 35.9 Å². The van der Waals surface area contributed by atoms with Crippen LogP contribution in [-0.4, -0.2) is 0 Å². The first-order chi connectivity index (χ1) is 4.43. The van der Waals surface area contributed by atoms with Gasteiger partial charge in [0.25, 0.3) is 0 Å². The van der Waals surface area contributed by atoms with Crippen molar-refractivity contribution >= 4 is 0 Å². The molecule has 0 aliphatic heterocycles. The van der Waals surface area contributed by atoms with Gasteiger partial charge in [0.2, 0.25) is 0 Å². The molecule has 0 bridgehead atoms. The minimum Gasteiger partial charge on any atom is -0.358 e. The first-order valence-electron chi connectivity index (χ1n) is 3.39. The van der Waals surface area contributed by atoms with Crippen LogP contribution < -0.4 is 0 Å². The molecule has 0 fully saturated rings. The summed E-state index contributed by atoms with van der Waals surface area (Å²) in [5.74, 6) is 0. The molecule has 0 saturated heterocycles. The maximum absolute atomic E-state index is 3.17. The minimum atomic E-state index is 0. The summed E-state index contributed by atoms with van der Waals surface area (Å²) in [5.41, 5.74) is 1.32. The second kappa shape index (κ2) is 8.01. The van der Waals surface area contributed by atoms with Crippen LogP contribution in [-0.2, 0) is 27.5 Å². The molecule has 0 amide bonds. The molecule has 0 atom stereocenters. The quantitative estimate of drug-likeness (QED) is 0.736. The van der Waals surface area contributed by atoms with Crippen LogP contribution in [0.2, 0.25) is 0 Å². The van der Waals surface area contributed by atoms with Crippen LogP contribution in [0.15, 0.2) is 24.3 Å². The van der Waals surface area contributed by atoms with E-state index in [4.69, 9.17) is 0 Å². The van der Waals surface area contributed by atoms with E-state index in [-0.39, 0.29) is 28.5 Å². The number of rotatable bonds is 2. The predicted molar refractivity (Wildman–Crippen MR) is 45.7 cm³/mol. The summed E-state index contributed by atoms with van der Waals surface area (Å²) in [4.78, 5) is 0. The average molecular weight is 318 g/mol. The van der Waals surface area contributed by atoms with Gasteiger partial charge in [0.15, 0.2) is 0 Å². The standard InChI is InChI=1S/C9H11.CH3.W/c1-2-6-9-7-4-3-5-8-9;;/h3-5,7H,2,6H2,1H3;1H3;/q2*-1;+2. The molecule has 11 heavy (non-hydrogen) atoms. The Kier molecular flexibility index (Phi) is 9.83.